The molecule has 0 aliphatic heterocycles. The zero-order valence-corrected chi connectivity index (χ0v) is 30.0. The van der Waals surface area contributed by atoms with Gasteiger partial charge in [-0.2, -0.15) is 0 Å². The molecule has 278 valence electrons. The summed E-state index contributed by atoms with van der Waals surface area (Å²) in [6, 6.07) is 5.06. The molecular formula is C33H48ClFN6O8S. The fraction of sp³-hybridized carbons (Fsp3) is 0.606. The van der Waals surface area contributed by atoms with Crippen molar-refractivity contribution in [2.45, 2.75) is 50.4 Å². The molecule has 0 radical (unpaired) electrons. The molecular weight excluding hydrogens is 695 g/mol. The first-order valence-corrected chi connectivity index (χ1v) is 18.2. The average Bonchev–Trinajstić information content (AvgIpc) is 3.46. The lowest BCUT2D eigenvalue weighted by molar-refractivity contribution is -0.127. The van der Waals surface area contributed by atoms with E-state index in [0.717, 1.165) is 43.7 Å². The van der Waals surface area contributed by atoms with Gasteiger partial charge in [0.05, 0.1) is 72.3 Å². The molecule has 0 saturated heterocycles. The highest BCUT2D eigenvalue weighted by atomic mass is 35.5. The molecule has 3 N–H and O–H groups in total. The van der Waals surface area contributed by atoms with Gasteiger partial charge in [-0.25, -0.2) is 14.4 Å². The molecule has 1 aromatic carbocycles. The van der Waals surface area contributed by atoms with Crippen molar-refractivity contribution in [1.82, 2.24) is 30.2 Å². The maximum Gasteiger partial charge on any atom is 0.278 e. The van der Waals surface area contributed by atoms with Gasteiger partial charge in [0.1, 0.15) is 11.9 Å². The molecule has 50 heavy (non-hydrogen) atoms. The number of benzene rings is 1. The van der Waals surface area contributed by atoms with E-state index in [2.05, 4.69) is 25.6 Å². The van der Waals surface area contributed by atoms with Crippen molar-refractivity contribution in [3.63, 3.8) is 0 Å². The number of H-pyrrole nitrogens is 1. The van der Waals surface area contributed by atoms with E-state index in [0.29, 0.717) is 63.7 Å². The Kier molecular flexibility index (Phi) is 20.6. The monoisotopic (exact) mass is 742 g/mol. The lowest BCUT2D eigenvalue weighted by atomic mass is 10.2. The van der Waals surface area contributed by atoms with Crippen molar-refractivity contribution in [2.75, 3.05) is 84.2 Å². The van der Waals surface area contributed by atoms with Gasteiger partial charge >= 0.3 is 0 Å². The van der Waals surface area contributed by atoms with Gasteiger partial charge in [-0.1, -0.05) is 36.7 Å². The summed E-state index contributed by atoms with van der Waals surface area (Å²) in [4.78, 5) is 48.5. The molecule has 0 spiro atoms. The molecule has 0 aliphatic carbocycles. The number of hydrogen-bond acceptors (Lipinski definition) is 11. The maximum atomic E-state index is 13.5. The molecule has 1 atom stereocenters. The number of unbranched alkanes of at least 4 members (excludes halogenated alkanes) is 3. The Morgan fingerprint density at radius 1 is 0.900 bits per heavy atom. The van der Waals surface area contributed by atoms with Crippen LogP contribution in [0.15, 0.2) is 40.5 Å². The van der Waals surface area contributed by atoms with Crippen LogP contribution in [-0.4, -0.2) is 122 Å². The van der Waals surface area contributed by atoms with Crippen LogP contribution >= 0.6 is 23.4 Å². The molecule has 2 amide bonds. The molecule has 3 aromatic rings. The summed E-state index contributed by atoms with van der Waals surface area (Å²) in [6.07, 6.45) is 5.66. The van der Waals surface area contributed by atoms with E-state index >= 15 is 0 Å². The summed E-state index contributed by atoms with van der Waals surface area (Å²) in [6.45, 7) is 6.48. The number of rotatable bonds is 28. The minimum atomic E-state index is -0.883. The predicted molar refractivity (Wildman–Crippen MR) is 188 cm³/mol. The number of fused-ring (bicyclic) bond motifs is 1. The van der Waals surface area contributed by atoms with Crippen molar-refractivity contribution in [2.24, 2.45) is 0 Å². The third-order valence-corrected chi connectivity index (χ3v) is 8.37. The second-order valence-electron chi connectivity index (χ2n) is 11.0. The van der Waals surface area contributed by atoms with Crippen LogP contribution in [0, 0.1) is 5.82 Å². The number of alkyl halides is 1. The molecule has 17 heteroatoms. The Balaban J connectivity index is 1.27. The highest BCUT2D eigenvalue weighted by Crippen LogP contribution is 2.23. The Bertz CT molecular complexity index is 1460. The first-order valence-electron chi connectivity index (χ1n) is 16.7. The largest absolute Gasteiger partial charge is 0.379 e. The smallest absolute Gasteiger partial charge is 0.278 e. The van der Waals surface area contributed by atoms with Gasteiger partial charge in [0.15, 0.2) is 16.3 Å². The SMILES string of the molecule is CC(=O)N[C@@H](CSc1nc2c(=O)[nH]cnc2n1Cc1ccc(F)cc1)C(=O)NCCOCCOCCOCCOCCOCCCCCCCl. The second kappa shape index (κ2) is 24.9. The van der Waals surface area contributed by atoms with Gasteiger partial charge in [0, 0.05) is 31.7 Å². The van der Waals surface area contributed by atoms with E-state index < -0.39 is 17.5 Å². The van der Waals surface area contributed by atoms with Crippen LogP contribution in [-0.2, 0) is 39.8 Å². The summed E-state index contributed by atoms with van der Waals surface area (Å²) in [5, 5.41) is 5.85. The number of thioether (sulfide) groups is 1. The van der Waals surface area contributed by atoms with Gasteiger partial charge in [-0.05, 0) is 30.5 Å². The van der Waals surface area contributed by atoms with E-state index in [1.807, 2.05) is 0 Å². The van der Waals surface area contributed by atoms with Crippen molar-refractivity contribution >= 4 is 46.3 Å². The lowest BCUT2D eigenvalue weighted by Gasteiger charge is -2.17. The molecule has 0 saturated carbocycles. The van der Waals surface area contributed by atoms with Crippen LogP contribution in [0.4, 0.5) is 4.39 Å². The van der Waals surface area contributed by atoms with E-state index in [1.54, 1.807) is 16.7 Å². The normalized spacial score (nSPS) is 12.0. The number of nitrogens with one attached hydrogen (secondary N) is 3. The van der Waals surface area contributed by atoms with E-state index in [9.17, 15) is 18.8 Å². The highest BCUT2D eigenvalue weighted by Gasteiger charge is 2.22. The van der Waals surface area contributed by atoms with E-state index in [1.165, 1.54) is 37.1 Å². The van der Waals surface area contributed by atoms with Gasteiger partial charge in [-0.15, -0.1) is 11.6 Å². The van der Waals surface area contributed by atoms with E-state index in [-0.39, 0.29) is 42.7 Å². The Morgan fingerprint density at radius 2 is 1.50 bits per heavy atom. The molecule has 2 heterocycles. The van der Waals surface area contributed by atoms with Gasteiger partial charge in [0.2, 0.25) is 11.8 Å². The number of aromatic nitrogens is 4. The molecule has 2 aromatic heterocycles. The van der Waals surface area contributed by atoms with Crippen LogP contribution in [0.2, 0.25) is 0 Å². The Hall–Kier alpha value is -3.12. The van der Waals surface area contributed by atoms with Crippen LogP contribution in [0.25, 0.3) is 11.2 Å². The number of aromatic amines is 1. The molecule has 0 fully saturated rings. The molecule has 0 unspecified atom stereocenters. The number of nitrogens with zero attached hydrogens (tertiary/aromatic N) is 3. The summed E-state index contributed by atoms with van der Waals surface area (Å²) >= 11 is 6.84. The van der Waals surface area contributed by atoms with Crippen LogP contribution in [0.5, 0.6) is 0 Å². The number of amides is 2. The number of imidazole rings is 1. The zero-order valence-electron chi connectivity index (χ0n) is 28.5. The third-order valence-electron chi connectivity index (χ3n) is 7.04. The first kappa shape index (κ1) is 41.3. The lowest BCUT2D eigenvalue weighted by Crippen LogP contribution is -2.48. The summed E-state index contributed by atoms with van der Waals surface area (Å²) < 4.78 is 42.7. The molecule has 3 rings (SSSR count). The van der Waals surface area contributed by atoms with Crippen LogP contribution in [0.3, 0.4) is 0 Å². The van der Waals surface area contributed by atoms with Crippen molar-refractivity contribution in [3.8, 4) is 0 Å². The zero-order chi connectivity index (χ0) is 35.8. The fourth-order valence-electron chi connectivity index (χ4n) is 4.54. The quantitative estimate of drug-likeness (QED) is 0.0569. The third kappa shape index (κ3) is 16.3. The van der Waals surface area contributed by atoms with Crippen LogP contribution in [0.1, 0.15) is 38.2 Å². The summed E-state index contributed by atoms with van der Waals surface area (Å²) in [5.74, 6) is -0.292. The molecule has 0 bridgehead atoms. The van der Waals surface area contributed by atoms with Crippen molar-refractivity contribution in [3.05, 3.63) is 52.3 Å². The Morgan fingerprint density at radius 3 is 2.12 bits per heavy atom. The maximum absolute atomic E-state index is 13.5. The topological polar surface area (TPSA) is 168 Å². The number of carbonyl (C=O) groups is 2. The van der Waals surface area contributed by atoms with Gasteiger partial charge in [0.25, 0.3) is 5.56 Å². The summed E-state index contributed by atoms with van der Waals surface area (Å²) in [7, 11) is 0. The van der Waals surface area contributed by atoms with Gasteiger partial charge in [-0.3, -0.25) is 19.0 Å². The molecule has 0 aliphatic rings. The molecule has 14 nitrogen and oxygen atoms in total. The number of ether oxygens (including phenoxy) is 5. The minimum Gasteiger partial charge on any atom is -0.379 e. The average molecular weight is 743 g/mol. The van der Waals surface area contributed by atoms with Crippen molar-refractivity contribution < 1.29 is 37.7 Å². The predicted octanol–water partition coefficient (Wildman–Crippen LogP) is 2.90. The Labute approximate surface area is 300 Å². The number of hydrogen-bond donors (Lipinski definition) is 3. The van der Waals surface area contributed by atoms with Crippen LogP contribution < -0.4 is 16.2 Å². The first-order chi connectivity index (χ1) is 24.4. The highest BCUT2D eigenvalue weighted by molar-refractivity contribution is 7.99. The number of carbonyl (C=O) groups excluding carboxylic acids is 2. The van der Waals surface area contributed by atoms with Crippen molar-refractivity contribution in [1.29, 1.82) is 0 Å². The summed E-state index contributed by atoms with van der Waals surface area (Å²) in [5.41, 5.74) is 0.831. The number of halogens is 2. The standard InChI is InChI=1S/C33H48ClFN6O8S/c1-25(42)39-28(23-50-33-40-29-30(37-24-38-32(29)44)41(33)22-26-6-8-27(35)9-7-26)31(43)36-11-13-46-15-17-48-19-21-49-20-18-47-16-14-45-12-5-3-2-4-10-34/h6-9,24,28H,2-5,10-23H2,1H3,(H,36,43)(H,39,42)(H,37,38,44)/t28-/m0/s1. The van der Waals surface area contributed by atoms with Gasteiger partial charge < -0.3 is 39.3 Å². The van der Waals surface area contributed by atoms with E-state index in [4.69, 9.17) is 35.3 Å². The second-order valence-corrected chi connectivity index (χ2v) is 12.4. The minimum absolute atomic E-state index is 0.128. The fourth-order valence-corrected chi connectivity index (χ4v) is 5.74.